The molecule has 4 fully saturated rings. The molecule has 21 heavy (non-hydrogen) atoms. The van der Waals surface area contributed by atoms with Crippen LogP contribution in [0.1, 0.15) is 31.2 Å². The number of nitrogens with zero attached hydrogens (tertiary/aromatic N) is 2. The highest BCUT2D eigenvalue weighted by Gasteiger charge is 2.46. The molecule has 0 amide bonds. The summed E-state index contributed by atoms with van der Waals surface area (Å²) < 4.78 is 38.6. The molecule has 5 heteroatoms. The maximum absolute atomic E-state index is 12.9. The smallest absolute Gasteiger partial charge is 0.357 e. The molecule has 2 nitrogen and oxygen atoms in total. The number of piperidine rings is 2. The van der Waals surface area contributed by atoms with Gasteiger partial charge in [-0.05, 0) is 49.8 Å². The van der Waals surface area contributed by atoms with Crippen LogP contribution in [0.25, 0.3) is 0 Å². The maximum Gasteiger partial charge on any atom is 0.416 e. The Morgan fingerprint density at radius 2 is 1.81 bits per heavy atom. The van der Waals surface area contributed by atoms with Crippen molar-refractivity contribution < 1.29 is 13.2 Å². The minimum absolute atomic E-state index is 0.548. The lowest BCUT2D eigenvalue weighted by Crippen LogP contribution is -2.52. The fourth-order valence-corrected chi connectivity index (χ4v) is 4.38. The van der Waals surface area contributed by atoms with Crippen molar-refractivity contribution in [3.8, 4) is 0 Å². The number of halogens is 3. The second-order valence-electron chi connectivity index (χ2n) is 6.56. The quantitative estimate of drug-likeness (QED) is 0.779. The third kappa shape index (κ3) is 2.22. The Kier molecular flexibility index (Phi) is 2.96. The Balaban J connectivity index is 1.58. The summed E-state index contributed by atoms with van der Waals surface area (Å²) in [6.45, 7) is 1.66. The molecule has 0 spiro atoms. The molecule has 114 valence electrons. The standard InChI is InChI=1S/C16H19F3N2/c17-16(18,19)12-2-1-3-14(8-12)20-9-15-11-4-6-13(7-5-11)21(15)10-20/h1-3,8,11,13,15H,4-7,9-10H2. The van der Waals surface area contributed by atoms with Crippen molar-refractivity contribution in [2.75, 3.05) is 18.1 Å². The zero-order valence-corrected chi connectivity index (χ0v) is 11.8. The van der Waals surface area contributed by atoms with Crippen molar-refractivity contribution in [3.05, 3.63) is 29.8 Å². The van der Waals surface area contributed by atoms with Gasteiger partial charge in [0.1, 0.15) is 0 Å². The monoisotopic (exact) mass is 296 g/mol. The summed E-state index contributed by atoms with van der Waals surface area (Å²) in [5.41, 5.74) is 0.159. The third-order valence-corrected chi connectivity index (χ3v) is 5.46. The molecule has 0 radical (unpaired) electrons. The summed E-state index contributed by atoms with van der Waals surface area (Å²) in [7, 11) is 0. The molecule has 1 saturated carbocycles. The second kappa shape index (κ2) is 4.63. The van der Waals surface area contributed by atoms with Gasteiger partial charge >= 0.3 is 6.18 Å². The van der Waals surface area contributed by atoms with E-state index in [4.69, 9.17) is 0 Å². The maximum atomic E-state index is 12.9. The lowest BCUT2D eigenvalue weighted by Gasteiger charge is -2.47. The first kappa shape index (κ1) is 13.4. The molecule has 3 aliphatic heterocycles. The van der Waals surface area contributed by atoms with Crippen LogP contribution >= 0.6 is 0 Å². The topological polar surface area (TPSA) is 6.48 Å². The van der Waals surface area contributed by atoms with Crippen molar-refractivity contribution in [1.29, 1.82) is 0 Å². The van der Waals surface area contributed by atoms with Gasteiger partial charge < -0.3 is 4.90 Å². The number of hydrogen-bond acceptors (Lipinski definition) is 2. The highest BCUT2D eigenvalue weighted by atomic mass is 19.4. The molecular weight excluding hydrogens is 277 g/mol. The highest BCUT2D eigenvalue weighted by Crippen LogP contribution is 2.43. The Labute approximate surface area is 122 Å². The largest absolute Gasteiger partial charge is 0.416 e. The summed E-state index contributed by atoms with van der Waals surface area (Å²) >= 11 is 0. The first-order chi connectivity index (χ1) is 10.0. The Morgan fingerprint density at radius 1 is 1.05 bits per heavy atom. The summed E-state index contributed by atoms with van der Waals surface area (Å²) in [6.07, 6.45) is 0.849. The molecule has 1 aromatic rings. The average molecular weight is 296 g/mol. The van der Waals surface area contributed by atoms with Gasteiger partial charge in [-0.2, -0.15) is 13.2 Å². The third-order valence-electron chi connectivity index (χ3n) is 5.46. The van der Waals surface area contributed by atoms with Crippen LogP contribution in [0.5, 0.6) is 0 Å². The molecule has 1 unspecified atom stereocenters. The van der Waals surface area contributed by atoms with Gasteiger partial charge in [0.05, 0.1) is 12.2 Å². The summed E-state index contributed by atoms with van der Waals surface area (Å²) in [4.78, 5) is 4.65. The normalized spacial score (nSPS) is 32.5. The number of anilines is 1. The predicted molar refractivity (Wildman–Crippen MR) is 75.0 cm³/mol. The van der Waals surface area contributed by atoms with E-state index in [1.165, 1.54) is 37.8 Å². The Morgan fingerprint density at radius 3 is 2.48 bits per heavy atom. The zero-order chi connectivity index (χ0) is 14.6. The van der Waals surface area contributed by atoms with E-state index in [1.807, 2.05) is 0 Å². The van der Waals surface area contributed by atoms with E-state index in [9.17, 15) is 13.2 Å². The van der Waals surface area contributed by atoms with Gasteiger partial charge in [0.2, 0.25) is 0 Å². The molecule has 3 saturated heterocycles. The fourth-order valence-electron chi connectivity index (χ4n) is 4.38. The minimum atomic E-state index is -4.26. The van der Waals surface area contributed by atoms with Crippen LogP contribution in [0.2, 0.25) is 0 Å². The van der Waals surface area contributed by atoms with Crippen LogP contribution in [0.4, 0.5) is 18.9 Å². The molecule has 1 aromatic carbocycles. The number of fused-ring (bicyclic) bond motifs is 2. The van der Waals surface area contributed by atoms with Gasteiger partial charge in [0, 0.05) is 24.3 Å². The first-order valence-electron chi connectivity index (χ1n) is 7.70. The Hall–Kier alpha value is -1.23. The van der Waals surface area contributed by atoms with Crippen LogP contribution in [-0.2, 0) is 6.18 Å². The number of benzene rings is 1. The van der Waals surface area contributed by atoms with Crippen molar-refractivity contribution in [1.82, 2.24) is 4.90 Å². The first-order valence-corrected chi connectivity index (χ1v) is 7.70. The average Bonchev–Trinajstić information content (AvgIpc) is 2.95. The summed E-state index contributed by atoms with van der Waals surface area (Å²) in [6, 6.07) is 6.96. The van der Waals surface area contributed by atoms with Crippen LogP contribution < -0.4 is 4.90 Å². The minimum Gasteiger partial charge on any atom is -0.357 e. The van der Waals surface area contributed by atoms with Crippen LogP contribution in [-0.4, -0.2) is 30.2 Å². The summed E-state index contributed by atoms with van der Waals surface area (Å²) in [5, 5.41) is 0. The number of hydrogen-bond donors (Lipinski definition) is 0. The fraction of sp³-hybridized carbons (Fsp3) is 0.625. The molecule has 0 N–H and O–H groups in total. The molecular formula is C16H19F3N2. The zero-order valence-electron chi connectivity index (χ0n) is 11.8. The summed E-state index contributed by atoms with van der Waals surface area (Å²) in [5.74, 6) is 0.741. The van der Waals surface area contributed by atoms with E-state index in [-0.39, 0.29) is 0 Å². The molecule has 4 aliphatic rings. The van der Waals surface area contributed by atoms with Crippen molar-refractivity contribution in [2.45, 2.75) is 43.9 Å². The molecule has 5 rings (SSSR count). The molecule has 1 atom stereocenters. The molecule has 1 aliphatic carbocycles. The SMILES string of the molecule is FC(F)(F)c1cccc(N2CC3C4CCC(CC4)N3C2)c1. The van der Waals surface area contributed by atoms with E-state index in [2.05, 4.69) is 9.80 Å². The lowest BCUT2D eigenvalue weighted by molar-refractivity contribution is -0.137. The van der Waals surface area contributed by atoms with Gasteiger partial charge in [-0.1, -0.05) is 6.07 Å². The van der Waals surface area contributed by atoms with Gasteiger partial charge in [-0.3, -0.25) is 4.90 Å². The second-order valence-corrected chi connectivity index (χ2v) is 6.56. The van der Waals surface area contributed by atoms with Crippen LogP contribution in [0.15, 0.2) is 24.3 Å². The van der Waals surface area contributed by atoms with Gasteiger partial charge in [-0.25, -0.2) is 0 Å². The highest BCUT2D eigenvalue weighted by molar-refractivity contribution is 5.50. The van der Waals surface area contributed by atoms with Crippen molar-refractivity contribution in [2.24, 2.45) is 5.92 Å². The van der Waals surface area contributed by atoms with Crippen LogP contribution in [0, 0.1) is 5.92 Å². The Bertz CT molecular complexity index is 515. The van der Waals surface area contributed by atoms with E-state index in [0.717, 1.165) is 25.2 Å². The number of alkyl halides is 3. The van der Waals surface area contributed by atoms with E-state index in [1.54, 1.807) is 6.07 Å². The van der Waals surface area contributed by atoms with Gasteiger partial charge in [-0.15, -0.1) is 0 Å². The molecule has 2 bridgehead atoms. The molecule has 3 heterocycles. The van der Waals surface area contributed by atoms with Crippen molar-refractivity contribution in [3.63, 3.8) is 0 Å². The number of rotatable bonds is 1. The van der Waals surface area contributed by atoms with Crippen molar-refractivity contribution >= 4 is 5.69 Å². The lowest BCUT2D eigenvalue weighted by atomic mass is 9.75. The van der Waals surface area contributed by atoms with E-state index in [0.29, 0.717) is 17.8 Å². The van der Waals surface area contributed by atoms with E-state index >= 15 is 0 Å². The van der Waals surface area contributed by atoms with Gasteiger partial charge in [0.15, 0.2) is 0 Å². The van der Waals surface area contributed by atoms with Crippen LogP contribution in [0.3, 0.4) is 0 Å². The van der Waals surface area contributed by atoms with Gasteiger partial charge in [0.25, 0.3) is 0 Å². The molecule has 0 aromatic heterocycles. The predicted octanol–water partition coefficient (Wildman–Crippen LogP) is 3.73. The van der Waals surface area contributed by atoms with E-state index < -0.39 is 11.7 Å².